The lowest BCUT2D eigenvalue weighted by molar-refractivity contribution is 0.0954. The average molecular weight is 298 g/mol. The first kappa shape index (κ1) is 15.3. The van der Waals surface area contributed by atoms with Crippen LogP contribution in [0.15, 0.2) is 29.4 Å². The van der Waals surface area contributed by atoms with Crippen molar-refractivity contribution in [3.8, 4) is 0 Å². The van der Waals surface area contributed by atoms with Crippen molar-refractivity contribution in [2.24, 2.45) is 22.9 Å². The van der Waals surface area contributed by atoms with Crippen LogP contribution in [-0.4, -0.2) is 12.1 Å². The van der Waals surface area contributed by atoms with Gasteiger partial charge in [-0.05, 0) is 60.1 Å². The van der Waals surface area contributed by atoms with E-state index >= 15 is 0 Å². The van der Waals surface area contributed by atoms with E-state index in [0.717, 1.165) is 11.8 Å². The van der Waals surface area contributed by atoms with Gasteiger partial charge < -0.3 is 0 Å². The quantitative estimate of drug-likeness (QED) is 0.661. The first-order chi connectivity index (χ1) is 10.4. The van der Waals surface area contributed by atoms with Crippen LogP contribution in [0.5, 0.6) is 0 Å². The molecule has 1 aromatic carbocycles. The summed E-state index contributed by atoms with van der Waals surface area (Å²) in [5.74, 6) is 2.15. The zero-order valence-electron chi connectivity index (χ0n) is 13.8. The maximum atomic E-state index is 12.1. The lowest BCUT2D eigenvalue weighted by Crippen LogP contribution is -2.20. The minimum atomic E-state index is -0.125. The Morgan fingerprint density at radius 3 is 2.45 bits per heavy atom. The van der Waals surface area contributed by atoms with E-state index in [2.05, 4.69) is 31.3 Å². The lowest BCUT2D eigenvalue weighted by Gasteiger charge is -2.19. The Morgan fingerprint density at radius 1 is 1.18 bits per heavy atom. The summed E-state index contributed by atoms with van der Waals surface area (Å²) in [6, 6.07) is 7.80. The number of amides is 1. The molecule has 2 fully saturated rings. The molecule has 3 rings (SSSR count). The highest BCUT2D eigenvalue weighted by Gasteiger charge is 2.38. The van der Waals surface area contributed by atoms with Crippen LogP contribution in [0.4, 0.5) is 0 Å². The fourth-order valence-corrected chi connectivity index (χ4v) is 3.85. The van der Waals surface area contributed by atoms with Crippen molar-refractivity contribution in [1.82, 2.24) is 5.43 Å². The Labute approximate surface area is 133 Å². The molecular formula is C19H26N2O. The SMILES string of the molecule is CC(C)(C)c1ccc(C(=O)N/N=C\[C@@H]2C[C@@H]3CC[C@@H]2C3)cc1. The summed E-state index contributed by atoms with van der Waals surface area (Å²) in [5.41, 5.74) is 4.68. The topological polar surface area (TPSA) is 41.5 Å². The molecule has 3 atom stereocenters. The van der Waals surface area contributed by atoms with Gasteiger partial charge in [0.15, 0.2) is 0 Å². The van der Waals surface area contributed by atoms with Crippen molar-refractivity contribution in [3.63, 3.8) is 0 Å². The number of nitrogens with zero attached hydrogens (tertiary/aromatic N) is 1. The molecule has 3 heteroatoms. The van der Waals surface area contributed by atoms with Gasteiger partial charge in [0, 0.05) is 11.8 Å². The highest BCUT2D eigenvalue weighted by atomic mass is 16.2. The van der Waals surface area contributed by atoms with Crippen LogP contribution in [-0.2, 0) is 5.41 Å². The number of hydrazone groups is 1. The first-order valence-electron chi connectivity index (χ1n) is 8.37. The zero-order valence-corrected chi connectivity index (χ0v) is 13.8. The molecule has 2 saturated carbocycles. The average Bonchev–Trinajstić information content (AvgIpc) is 3.09. The minimum Gasteiger partial charge on any atom is -0.267 e. The second-order valence-electron chi connectivity index (χ2n) is 7.89. The van der Waals surface area contributed by atoms with Crippen molar-refractivity contribution in [1.29, 1.82) is 0 Å². The van der Waals surface area contributed by atoms with Crippen molar-refractivity contribution in [3.05, 3.63) is 35.4 Å². The number of carbonyl (C=O) groups is 1. The molecule has 0 heterocycles. The molecule has 0 saturated heterocycles. The van der Waals surface area contributed by atoms with Crippen LogP contribution in [0.3, 0.4) is 0 Å². The second kappa shape index (κ2) is 5.86. The third-order valence-corrected chi connectivity index (χ3v) is 5.24. The van der Waals surface area contributed by atoms with Crippen molar-refractivity contribution in [2.45, 2.75) is 51.9 Å². The van der Waals surface area contributed by atoms with Gasteiger partial charge in [0.1, 0.15) is 0 Å². The molecule has 1 amide bonds. The fourth-order valence-electron chi connectivity index (χ4n) is 3.85. The molecule has 2 bridgehead atoms. The molecule has 1 N–H and O–H groups in total. The Kier molecular flexibility index (Phi) is 4.07. The lowest BCUT2D eigenvalue weighted by atomic mass is 9.87. The largest absolute Gasteiger partial charge is 0.271 e. The number of nitrogens with one attached hydrogen (secondary N) is 1. The molecule has 2 aliphatic carbocycles. The summed E-state index contributed by atoms with van der Waals surface area (Å²) in [6.07, 6.45) is 7.31. The molecule has 0 radical (unpaired) electrons. The molecule has 2 aliphatic rings. The summed E-state index contributed by atoms with van der Waals surface area (Å²) >= 11 is 0. The van der Waals surface area contributed by atoms with Gasteiger partial charge in [-0.15, -0.1) is 0 Å². The summed E-state index contributed by atoms with van der Waals surface area (Å²) in [6.45, 7) is 6.51. The number of hydrogen-bond acceptors (Lipinski definition) is 2. The number of carbonyl (C=O) groups excluding carboxylic acids is 1. The van der Waals surface area contributed by atoms with Crippen molar-refractivity contribution >= 4 is 12.1 Å². The van der Waals surface area contributed by atoms with Gasteiger partial charge in [-0.3, -0.25) is 4.79 Å². The van der Waals surface area contributed by atoms with Crippen molar-refractivity contribution < 1.29 is 4.79 Å². The molecule has 22 heavy (non-hydrogen) atoms. The van der Waals surface area contributed by atoms with Crippen LogP contribution in [0, 0.1) is 17.8 Å². The van der Waals surface area contributed by atoms with E-state index in [4.69, 9.17) is 0 Å². The predicted octanol–water partition coefficient (Wildman–Crippen LogP) is 4.14. The monoisotopic (exact) mass is 298 g/mol. The smallest absolute Gasteiger partial charge is 0.267 e. The summed E-state index contributed by atoms with van der Waals surface area (Å²) < 4.78 is 0. The Hall–Kier alpha value is -1.64. The molecule has 0 aromatic heterocycles. The number of hydrogen-bond donors (Lipinski definition) is 1. The van der Waals surface area contributed by atoms with Gasteiger partial charge in [-0.25, -0.2) is 5.43 Å². The second-order valence-corrected chi connectivity index (χ2v) is 7.89. The first-order valence-corrected chi connectivity index (χ1v) is 8.37. The van der Waals surface area contributed by atoms with Gasteiger partial charge in [-0.2, -0.15) is 5.10 Å². The standard InChI is InChI=1S/C19H26N2O/c1-19(2,3)17-8-6-14(7-9-17)18(22)21-20-12-16-11-13-4-5-15(16)10-13/h6-9,12-13,15-16H,4-5,10-11H2,1-3H3,(H,21,22)/b20-12-/t13-,15-,16+/m1/s1. The van der Waals surface area contributed by atoms with Crippen LogP contribution >= 0.6 is 0 Å². The molecular weight excluding hydrogens is 272 g/mol. The Balaban J connectivity index is 1.56. The maximum absolute atomic E-state index is 12.1. The Morgan fingerprint density at radius 2 is 1.91 bits per heavy atom. The minimum absolute atomic E-state index is 0.106. The third-order valence-electron chi connectivity index (χ3n) is 5.24. The molecule has 1 aromatic rings. The van der Waals surface area contributed by atoms with Crippen LogP contribution in [0.25, 0.3) is 0 Å². The van der Waals surface area contributed by atoms with Gasteiger partial charge in [0.2, 0.25) is 0 Å². The number of benzene rings is 1. The van der Waals surface area contributed by atoms with Crippen molar-refractivity contribution in [2.75, 3.05) is 0 Å². The van der Waals surface area contributed by atoms with E-state index in [1.165, 1.54) is 31.2 Å². The molecule has 0 spiro atoms. The van der Waals surface area contributed by atoms with Gasteiger partial charge in [0.25, 0.3) is 5.91 Å². The van der Waals surface area contributed by atoms with E-state index in [9.17, 15) is 4.79 Å². The van der Waals surface area contributed by atoms with Gasteiger partial charge >= 0.3 is 0 Å². The normalized spacial score (nSPS) is 27.5. The zero-order chi connectivity index (χ0) is 15.7. The summed E-state index contributed by atoms with van der Waals surface area (Å²) in [7, 11) is 0. The van der Waals surface area contributed by atoms with E-state index in [0.29, 0.717) is 11.5 Å². The predicted molar refractivity (Wildman–Crippen MR) is 90.0 cm³/mol. The summed E-state index contributed by atoms with van der Waals surface area (Å²) in [4.78, 5) is 12.1. The highest BCUT2D eigenvalue weighted by molar-refractivity contribution is 5.94. The number of fused-ring (bicyclic) bond motifs is 2. The van der Waals surface area contributed by atoms with Gasteiger partial charge in [-0.1, -0.05) is 39.3 Å². The van der Waals surface area contributed by atoms with E-state index in [1.54, 1.807) is 0 Å². The van der Waals surface area contributed by atoms with Gasteiger partial charge in [0.05, 0.1) is 0 Å². The van der Waals surface area contributed by atoms with E-state index < -0.39 is 0 Å². The van der Waals surface area contributed by atoms with E-state index in [-0.39, 0.29) is 11.3 Å². The molecule has 0 unspecified atom stereocenters. The number of rotatable bonds is 3. The van der Waals surface area contributed by atoms with Crippen LogP contribution in [0.2, 0.25) is 0 Å². The molecule has 118 valence electrons. The highest BCUT2D eigenvalue weighted by Crippen LogP contribution is 2.47. The Bertz CT molecular complexity index is 568. The van der Waals surface area contributed by atoms with Crippen LogP contribution < -0.4 is 5.43 Å². The molecule has 0 aliphatic heterocycles. The fraction of sp³-hybridized carbons (Fsp3) is 0.579. The molecule has 3 nitrogen and oxygen atoms in total. The van der Waals surface area contributed by atoms with Crippen LogP contribution in [0.1, 0.15) is 62.4 Å². The summed E-state index contributed by atoms with van der Waals surface area (Å²) in [5, 5.41) is 4.20. The third kappa shape index (κ3) is 3.23. The van der Waals surface area contributed by atoms with E-state index in [1.807, 2.05) is 30.5 Å². The maximum Gasteiger partial charge on any atom is 0.271 e.